The third-order valence-corrected chi connectivity index (χ3v) is 7.47. The molecular weight excluding hydrogens is 463 g/mol. The van der Waals surface area contributed by atoms with Crippen LogP contribution in [-0.4, -0.2) is 30.4 Å². The van der Waals surface area contributed by atoms with Crippen LogP contribution in [-0.2, 0) is 17.6 Å². The summed E-state index contributed by atoms with van der Waals surface area (Å²) >= 11 is 12.1. The summed E-state index contributed by atoms with van der Waals surface area (Å²) in [5.74, 6) is 0.743. The van der Waals surface area contributed by atoms with Gasteiger partial charge in [-0.1, -0.05) is 89.9 Å². The molecule has 4 rings (SSSR count). The number of carbonyl (C=O) groups is 1. The molecule has 1 aliphatic heterocycles. The second kappa shape index (κ2) is 12.4. The lowest BCUT2D eigenvalue weighted by Crippen LogP contribution is -2.39. The van der Waals surface area contributed by atoms with Gasteiger partial charge in [0, 0.05) is 12.6 Å². The lowest BCUT2D eigenvalue weighted by atomic mass is 9.88. The lowest BCUT2D eigenvalue weighted by molar-refractivity contribution is -0.120. The molecule has 1 amide bonds. The molecule has 1 saturated heterocycles. The fourth-order valence-electron chi connectivity index (χ4n) is 4.90. The summed E-state index contributed by atoms with van der Waals surface area (Å²) in [6.07, 6.45) is 4.78. The molecule has 0 radical (unpaired) electrons. The number of benzene rings is 3. The molecule has 178 valence electrons. The van der Waals surface area contributed by atoms with Crippen molar-refractivity contribution >= 4 is 29.1 Å². The second-order valence-corrected chi connectivity index (χ2v) is 9.97. The van der Waals surface area contributed by atoms with Crippen molar-refractivity contribution < 1.29 is 4.79 Å². The van der Waals surface area contributed by atoms with E-state index in [4.69, 9.17) is 23.2 Å². The summed E-state index contributed by atoms with van der Waals surface area (Å²) in [6.45, 7) is 2.83. The molecule has 0 bridgehead atoms. The third kappa shape index (κ3) is 7.09. The summed E-state index contributed by atoms with van der Waals surface area (Å²) in [5, 5.41) is 4.09. The highest BCUT2D eigenvalue weighted by molar-refractivity contribution is 6.42. The molecule has 0 aromatic heterocycles. The summed E-state index contributed by atoms with van der Waals surface area (Å²) in [4.78, 5) is 15.1. The van der Waals surface area contributed by atoms with Crippen LogP contribution in [0.25, 0.3) is 0 Å². The number of nitrogens with zero attached hydrogens (tertiary/aromatic N) is 1. The molecular formula is C29H32Cl2N2O. The fraction of sp³-hybridized carbons (Fsp3) is 0.345. The number of hydrogen-bond donors (Lipinski definition) is 1. The van der Waals surface area contributed by atoms with Gasteiger partial charge in [0.25, 0.3) is 0 Å². The number of amides is 1. The Kier molecular flexibility index (Phi) is 9.04. The Morgan fingerprint density at radius 2 is 1.56 bits per heavy atom. The van der Waals surface area contributed by atoms with Crippen LogP contribution < -0.4 is 5.32 Å². The van der Waals surface area contributed by atoms with Gasteiger partial charge in [-0.05, 0) is 73.5 Å². The quantitative estimate of drug-likeness (QED) is 0.357. The number of hydrogen-bond acceptors (Lipinski definition) is 2. The molecule has 5 heteroatoms. The molecule has 1 unspecified atom stereocenters. The van der Waals surface area contributed by atoms with Gasteiger partial charge in [0.05, 0.1) is 16.5 Å². The SMILES string of the molecule is O=C(Cc1ccc(Cl)c(Cl)c1)NCCC(c1ccccc1)N1CCC(Cc2ccccc2)CC1. The van der Waals surface area contributed by atoms with Gasteiger partial charge in [-0.15, -0.1) is 0 Å². The summed E-state index contributed by atoms with van der Waals surface area (Å²) in [7, 11) is 0. The largest absolute Gasteiger partial charge is 0.356 e. The molecule has 1 N–H and O–H groups in total. The number of rotatable bonds is 9. The normalized spacial score (nSPS) is 15.7. The van der Waals surface area contributed by atoms with E-state index in [9.17, 15) is 4.79 Å². The van der Waals surface area contributed by atoms with E-state index in [0.717, 1.165) is 37.4 Å². The Morgan fingerprint density at radius 1 is 0.882 bits per heavy atom. The molecule has 1 heterocycles. The van der Waals surface area contributed by atoms with Gasteiger partial charge in [0.15, 0.2) is 0 Å². The van der Waals surface area contributed by atoms with Crippen molar-refractivity contribution in [3.8, 4) is 0 Å². The Hall–Kier alpha value is -2.33. The van der Waals surface area contributed by atoms with E-state index in [1.54, 1.807) is 12.1 Å². The van der Waals surface area contributed by atoms with Crippen molar-refractivity contribution in [2.45, 2.75) is 38.1 Å². The van der Waals surface area contributed by atoms with E-state index in [1.807, 2.05) is 6.07 Å². The summed E-state index contributed by atoms with van der Waals surface area (Å²) < 4.78 is 0. The van der Waals surface area contributed by atoms with Crippen LogP contribution in [0.4, 0.5) is 0 Å². The lowest BCUT2D eigenvalue weighted by Gasteiger charge is -2.38. The molecule has 1 aliphatic rings. The Labute approximate surface area is 213 Å². The van der Waals surface area contributed by atoms with E-state index < -0.39 is 0 Å². The van der Waals surface area contributed by atoms with Crippen molar-refractivity contribution in [2.24, 2.45) is 5.92 Å². The third-order valence-electron chi connectivity index (χ3n) is 6.73. The topological polar surface area (TPSA) is 32.3 Å². The van der Waals surface area contributed by atoms with Crippen molar-refractivity contribution in [1.82, 2.24) is 10.2 Å². The average Bonchev–Trinajstić information content (AvgIpc) is 2.86. The van der Waals surface area contributed by atoms with Gasteiger partial charge in [0.1, 0.15) is 0 Å². The smallest absolute Gasteiger partial charge is 0.224 e. The number of nitrogens with one attached hydrogen (secondary N) is 1. The second-order valence-electron chi connectivity index (χ2n) is 9.16. The van der Waals surface area contributed by atoms with Crippen LogP contribution in [0.15, 0.2) is 78.9 Å². The molecule has 1 fully saturated rings. The minimum Gasteiger partial charge on any atom is -0.356 e. The standard InChI is InChI=1S/C29H32Cl2N2O/c30-26-12-11-24(20-27(26)31)21-29(34)32-16-13-28(25-9-5-2-6-10-25)33-17-14-23(15-18-33)19-22-7-3-1-4-8-22/h1-12,20,23,28H,13-19,21H2,(H,32,34). The van der Waals surface area contributed by atoms with Crippen molar-refractivity contribution in [2.75, 3.05) is 19.6 Å². The Morgan fingerprint density at radius 3 is 2.24 bits per heavy atom. The Bertz CT molecular complexity index is 1050. The molecule has 1 atom stereocenters. The van der Waals surface area contributed by atoms with Crippen LogP contribution in [0.5, 0.6) is 0 Å². The minimum atomic E-state index is 0.00627. The maximum atomic E-state index is 12.5. The number of carbonyl (C=O) groups excluding carboxylic acids is 1. The maximum absolute atomic E-state index is 12.5. The Balaban J connectivity index is 1.31. The van der Waals surface area contributed by atoms with Crippen molar-refractivity contribution in [3.63, 3.8) is 0 Å². The zero-order chi connectivity index (χ0) is 23.8. The van der Waals surface area contributed by atoms with Crippen LogP contribution in [0.3, 0.4) is 0 Å². The number of halogens is 2. The van der Waals surface area contributed by atoms with E-state index >= 15 is 0 Å². The van der Waals surface area contributed by atoms with Crippen LogP contribution >= 0.6 is 23.2 Å². The molecule has 34 heavy (non-hydrogen) atoms. The van der Waals surface area contributed by atoms with Crippen molar-refractivity contribution in [1.29, 1.82) is 0 Å². The first-order valence-electron chi connectivity index (χ1n) is 12.1. The van der Waals surface area contributed by atoms with E-state index in [1.165, 1.54) is 24.0 Å². The molecule has 0 spiro atoms. The van der Waals surface area contributed by atoms with Crippen LogP contribution in [0.2, 0.25) is 10.0 Å². The first kappa shape index (κ1) is 24.8. The van der Waals surface area contributed by atoms with Crippen molar-refractivity contribution in [3.05, 3.63) is 106 Å². The first-order chi connectivity index (χ1) is 16.6. The number of piperidine rings is 1. The fourth-order valence-corrected chi connectivity index (χ4v) is 5.22. The molecule has 0 saturated carbocycles. The molecule has 3 aromatic rings. The zero-order valence-electron chi connectivity index (χ0n) is 19.4. The maximum Gasteiger partial charge on any atom is 0.224 e. The summed E-state index contributed by atoms with van der Waals surface area (Å²) in [5.41, 5.74) is 3.62. The van der Waals surface area contributed by atoms with Gasteiger partial charge in [-0.25, -0.2) is 0 Å². The van der Waals surface area contributed by atoms with Crippen LogP contribution in [0.1, 0.15) is 42.0 Å². The molecule has 0 aliphatic carbocycles. The predicted octanol–water partition coefficient (Wildman–Crippen LogP) is 6.74. The van der Waals surface area contributed by atoms with Gasteiger partial charge in [-0.3, -0.25) is 9.69 Å². The highest BCUT2D eigenvalue weighted by Crippen LogP contribution is 2.30. The van der Waals surface area contributed by atoms with E-state index in [0.29, 0.717) is 29.1 Å². The zero-order valence-corrected chi connectivity index (χ0v) is 20.9. The molecule has 3 aromatic carbocycles. The highest BCUT2D eigenvalue weighted by atomic mass is 35.5. The van der Waals surface area contributed by atoms with E-state index in [-0.39, 0.29) is 5.91 Å². The molecule has 3 nitrogen and oxygen atoms in total. The van der Waals surface area contributed by atoms with Gasteiger partial charge >= 0.3 is 0 Å². The van der Waals surface area contributed by atoms with Gasteiger partial charge < -0.3 is 5.32 Å². The minimum absolute atomic E-state index is 0.00627. The first-order valence-corrected chi connectivity index (χ1v) is 12.9. The van der Waals surface area contributed by atoms with Gasteiger partial charge in [-0.2, -0.15) is 0 Å². The van der Waals surface area contributed by atoms with Crippen LogP contribution in [0, 0.1) is 5.92 Å². The highest BCUT2D eigenvalue weighted by Gasteiger charge is 2.26. The predicted molar refractivity (Wildman–Crippen MR) is 141 cm³/mol. The summed E-state index contributed by atoms with van der Waals surface area (Å²) in [6, 6.07) is 27.2. The number of likely N-dealkylation sites (tertiary alicyclic amines) is 1. The average molecular weight is 495 g/mol. The van der Waals surface area contributed by atoms with E-state index in [2.05, 4.69) is 70.9 Å². The monoisotopic (exact) mass is 494 g/mol. The van der Waals surface area contributed by atoms with Gasteiger partial charge in [0.2, 0.25) is 5.91 Å².